The zero-order chi connectivity index (χ0) is 15.9. The summed E-state index contributed by atoms with van der Waals surface area (Å²) in [5, 5.41) is 0. The van der Waals surface area contributed by atoms with E-state index in [9.17, 15) is 4.79 Å². The molecule has 0 spiro atoms. The van der Waals surface area contributed by atoms with Gasteiger partial charge in [0, 0.05) is 35.8 Å². The van der Waals surface area contributed by atoms with Gasteiger partial charge in [-0.25, -0.2) is 4.79 Å². The third kappa shape index (κ3) is 3.24. The lowest BCUT2D eigenvalue weighted by molar-refractivity contribution is 0.0292. The molecule has 1 atom stereocenters. The summed E-state index contributed by atoms with van der Waals surface area (Å²) in [4.78, 5) is 16.5. The minimum atomic E-state index is -0.430. The second kappa shape index (κ2) is 5.76. The summed E-state index contributed by atoms with van der Waals surface area (Å²) in [6, 6.07) is 6.88. The van der Waals surface area contributed by atoms with Gasteiger partial charge in [0.15, 0.2) is 0 Å². The van der Waals surface area contributed by atoms with Crippen LogP contribution in [-0.2, 0) is 11.2 Å². The van der Waals surface area contributed by atoms with Crippen LogP contribution in [0.4, 0.5) is 10.5 Å². The van der Waals surface area contributed by atoms with E-state index in [4.69, 9.17) is 4.74 Å². The predicted octanol–water partition coefficient (Wildman–Crippen LogP) is 3.82. The number of nitrogens with zero attached hydrogens (tertiary/aromatic N) is 2. The second-order valence-electron chi connectivity index (χ2n) is 7.09. The summed E-state index contributed by atoms with van der Waals surface area (Å²) in [7, 11) is 0. The Hall–Kier alpha value is -1.23. The van der Waals surface area contributed by atoms with Gasteiger partial charge in [0.2, 0.25) is 0 Å². The second-order valence-corrected chi connectivity index (χ2v) is 8.00. The van der Waals surface area contributed by atoms with E-state index in [0.717, 1.165) is 36.9 Å². The van der Waals surface area contributed by atoms with Crippen LogP contribution in [0.25, 0.3) is 0 Å². The maximum absolute atomic E-state index is 12.2. The summed E-state index contributed by atoms with van der Waals surface area (Å²) >= 11 is 3.56. The summed E-state index contributed by atoms with van der Waals surface area (Å²) in [6.45, 7) is 8.30. The van der Waals surface area contributed by atoms with Gasteiger partial charge in [-0.1, -0.05) is 22.0 Å². The Morgan fingerprint density at radius 1 is 1.32 bits per heavy atom. The molecule has 0 aliphatic carbocycles. The molecule has 1 amide bonds. The molecule has 1 fully saturated rings. The molecular formula is C17H23BrN2O2. The topological polar surface area (TPSA) is 32.8 Å². The Bertz CT molecular complexity index is 583. The van der Waals surface area contributed by atoms with Crippen LogP contribution in [-0.4, -0.2) is 42.3 Å². The molecule has 0 radical (unpaired) electrons. The lowest BCUT2D eigenvalue weighted by atomic mass is 10.1. The van der Waals surface area contributed by atoms with E-state index in [-0.39, 0.29) is 6.09 Å². The lowest BCUT2D eigenvalue weighted by Gasteiger charge is -2.28. The van der Waals surface area contributed by atoms with Crippen molar-refractivity contribution in [3.8, 4) is 0 Å². The normalized spacial score (nSPS) is 21.2. The van der Waals surface area contributed by atoms with E-state index in [0.29, 0.717) is 6.04 Å². The van der Waals surface area contributed by atoms with E-state index < -0.39 is 5.60 Å². The molecule has 1 aromatic rings. The maximum atomic E-state index is 12.2. The zero-order valence-corrected chi connectivity index (χ0v) is 15.0. The Morgan fingerprint density at radius 3 is 2.82 bits per heavy atom. The highest BCUT2D eigenvalue weighted by Gasteiger charge is 2.35. The molecule has 5 heteroatoms. The number of carbonyl (C=O) groups is 1. The molecule has 22 heavy (non-hydrogen) atoms. The number of likely N-dealkylation sites (tertiary alicyclic amines) is 1. The third-order valence-electron chi connectivity index (χ3n) is 4.23. The average molecular weight is 367 g/mol. The minimum absolute atomic E-state index is 0.191. The number of ether oxygens (including phenoxy) is 1. The van der Waals surface area contributed by atoms with Crippen molar-refractivity contribution in [3.63, 3.8) is 0 Å². The van der Waals surface area contributed by atoms with Crippen LogP contribution in [0, 0.1) is 0 Å². The fourth-order valence-corrected chi connectivity index (χ4v) is 3.59. The van der Waals surface area contributed by atoms with Crippen molar-refractivity contribution in [2.45, 2.75) is 45.3 Å². The van der Waals surface area contributed by atoms with Crippen LogP contribution < -0.4 is 4.90 Å². The Balaban J connectivity index is 1.67. The Morgan fingerprint density at radius 2 is 2.09 bits per heavy atom. The Labute approximate surface area is 140 Å². The number of fused-ring (bicyclic) bond motifs is 1. The molecule has 0 bridgehead atoms. The van der Waals surface area contributed by atoms with Crippen LogP contribution in [0.3, 0.4) is 0 Å². The number of rotatable bonds is 1. The summed E-state index contributed by atoms with van der Waals surface area (Å²) in [6.07, 6.45) is 1.90. The number of anilines is 1. The molecule has 1 aromatic carbocycles. The van der Waals surface area contributed by atoms with Crippen LogP contribution in [0.1, 0.15) is 32.8 Å². The molecule has 0 saturated carbocycles. The minimum Gasteiger partial charge on any atom is -0.444 e. The molecule has 120 valence electrons. The van der Waals surface area contributed by atoms with Crippen molar-refractivity contribution in [2.75, 3.05) is 24.5 Å². The molecule has 1 unspecified atom stereocenters. The first kappa shape index (κ1) is 15.7. The maximum Gasteiger partial charge on any atom is 0.410 e. The van der Waals surface area contributed by atoms with Crippen molar-refractivity contribution in [1.29, 1.82) is 0 Å². The number of amides is 1. The highest BCUT2D eigenvalue weighted by Crippen LogP contribution is 2.34. The number of carbonyl (C=O) groups excluding carboxylic acids is 1. The number of hydrogen-bond donors (Lipinski definition) is 0. The first-order valence-electron chi connectivity index (χ1n) is 7.86. The first-order valence-corrected chi connectivity index (χ1v) is 8.66. The largest absolute Gasteiger partial charge is 0.444 e. The molecule has 1 saturated heterocycles. The molecule has 0 N–H and O–H groups in total. The van der Waals surface area contributed by atoms with Gasteiger partial charge < -0.3 is 14.5 Å². The van der Waals surface area contributed by atoms with Crippen molar-refractivity contribution in [3.05, 3.63) is 28.2 Å². The third-order valence-corrected chi connectivity index (χ3v) is 4.73. The number of hydrogen-bond acceptors (Lipinski definition) is 3. The summed E-state index contributed by atoms with van der Waals surface area (Å²) < 4.78 is 6.59. The molecule has 4 nitrogen and oxygen atoms in total. The van der Waals surface area contributed by atoms with Crippen molar-refractivity contribution in [2.24, 2.45) is 0 Å². The highest BCUT2D eigenvalue weighted by molar-refractivity contribution is 9.10. The van der Waals surface area contributed by atoms with E-state index >= 15 is 0 Å². The molecule has 2 aliphatic heterocycles. The van der Waals surface area contributed by atoms with Gasteiger partial charge >= 0.3 is 6.09 Å². The van der Waals surface area contributed by atoms with Gasteiger partial charge in [-0.2, -0.15) is 0 Å². The van der Waals surface area contributed by atoms with Crippen molar-refractivity contribution >= 4 is 27.7 Å². The summed E-state index contributed by atoms with van der Waals surface area (Å²) in [5.74, 6) is 0. The molecule has 2 heterocycles. The van der Waals surface area contributed by atoms with E-state index in [2.05, 4.69) is 39.0 Å². The predicted molar refractivity (Wildman–Crippen MR) is 91.4 cm³/mol. The van der Waals surface area contributed by atoms with E-state index in [1.807, 2.05) is 25.7 Å². The van der Waals surface area contributed by atoms with Gasteiger partial charge in [0.05, 0.1) is 0 Å². The van der Waals surface area contributed by atoms with Gasteiger partial charge in [0.1, 0.15) is 5.60 Å². The van der Waals surface area contributed by atoms with Crippen LogP contribution in [0.15, 0.2) is 22.7 Å². The van der Waals surface area contributed by atoms with Crippen molar-refractivity contribution < 1.29 is 9.53 Å². The van der Waals surface area contributed by atoms with Crippen LogP contribution in [0.2, 0.25) is 0 Å². The summed E-state index contributed by atoms with van der Waals surface area (Å²) in [5.41, 5.74) is 2.28. The van der Waals surface area contributed by atoms with Gasteiger partial charge in [-0.05, 0) is 51.3 Å². The van der Waals surface area contributed by atoms with Gasteiger partial charge in [-0.15, -0.1) is 0 Å². The highest BCUT2D eigenvalue weighted by atomic mass is 79.9. The molecule has 0 aromatic heterocycles. The average Bonchev–Trinajstić information content (AvgIpc) is 3.01. The fraction of sp³-hybridized carbons (Fsp3) is 0.588. The number of benzene rings is 1. The van der Waals surface area contributed by atoms with E-state index in [1.54, 1.807) is 0 Å². The molecule has 2 aliphatic rings. The SMILES string of the molecule is CC(C)(C)OC(=O)N1CCC(N2CCc3ccc(Br)cc32)C1. The van der Waals surface area contributed by atoms with E-state index in [1.165, 1.54) is 11.3 Å². The van der Waals surface area contributed by atoms with Crippen LogP contribution >= 0.6 is 15.9 Å². The van der Waals surface area contributed by atoms with Gasteiger partial charge in [-0.3, -0.25) is 0 Å². The smallest absolute Gasteiger partial charge is 0.410 e. The monoisotopic (exact) mass is 366 g/mol. The molecular weight excluding hydrogens is 344 g/mol. The quantitative estimate of drug-likeness (QED) is 0.757. The van der Waals surface area contributed by atoms with Crippen LogP contribution in [0.5, 0.6) is 0 Å². The standard InChI is InChI=1S/C17H23BrN2O2/c1-17(2,3)22-16(21)19-8-7-14(11-19)20-9-6-12-4-5-13(18)10-15(12)20/h4-5,10,14H,6-9,11H2,1-3H3. The fourth-order valence-electron chi connectivity index (χ4n) is 3.24. The first-order chi connectivity index (χ1) is 10.3. The number of halogens is 1. The lowest BCUT2D eigenvalue weighted by Crippen LogP contribution is -2.40. The molecule has 3 rings (SSSR count). The van der Waals surface area contributed by atoms with Gasteiger partial charge in [0.25, 0.3) is 0 Å². The Kier molecular flexibility index (Phi) is 4.10. The van der Waals surface area contributed by atoms with Crippen molar-refractivity contribution in [1.82, 2.24) is 4.90 Å². The zero-order valence-electron chi connectivity index (χ0n) is 13.4.